The van der Waals surface area contributed by atoms with Crippen LogP contribution in [0, 0.1) is 11.6 Å². The van der Waals surface area contributed by atoms with Crippen molar-refractivity contribution < 1.29 is 13.6 Å². The number of carbonyl (C=O) groups excluding carboxylic acids is 1. The van der Waals surface area contributed by atoms with Gasteiger partial charge in [-0.05, 0) is 39.7 Å². The molecule has 2 rings (SSSR count). The molecule has 98 valence electrons. The highest BCUT2D eigenvalue weighted by Gasteiger charge is 2.20. The van der Waals surface area contributed by atoms with E-state index < -0.39 is 23.0 Å². The van der Waals surface area contributed by atoms with Crippen molar-refractivity contribution in [1.29, 1.82) is 0 Å². The number of ketones is 1. The Bertz CT molecular complexity index is 641. The standard InChI is InChI=1S/C14H8Br2F2O/c15-9-4-2-1-3-8(9)7-12(19)13-11(17)6-5-10(16)14(13)18/h1-6H,7H2. The molecule has 0 atom stereocenters. The highest BCUT2D eigenvalue weighted by atomic mass is 79.9. The average Bonchev–Trinajstić information content (AvgIpc) is 2.37. The monoisotopic (exact) mass is 388 g/mol. The van der Waals surface area contributed by atoms with Gasteiger partial charge in [-0.15, -0.1) is 0 Å². The van der Waals surface area contributed by atoms with Crippen LogP contribution in [0.3, 0.4) is 0 Å². The molecule has 1 nitrogen and oxygen atoms in total. The molecule has 0 spiro atoms. The molecule has 0 radical (unpaired) electrons. The Labute approximate surface area is 125 Å². The van der Waals surface area contributed by atoms with Crippen LogP contribution < -0.4 is 0 Å². The van der Waals surface area contributed by atoms with Crippen molar-refractivity contribution in [1.82, 2.24) is 0 Å². The van der Waals surface area contributed by atoms with Crippen molar-refractivity contribution in [2.45, 2.75) is 6.42 Å². The number of Topliss-reactive ketones (excluding diaryl/α,β-unsaturated/α-hetero) is 1. The molecule has 0 aromatic heterocycles. The second-order valence-electron chi connectivity index (χ2n) is 3.91. The van der Waals surface area contributed by atoms with Crippen LogP contribution in [0.1, 0.15) is 15.9 Å². The minimum Gasteiger partial charge on any atom is -0.294 e. The zero-order valence-electron chi connectivity index (χ0n) is 9.59. The first kappa shape index (κ1) is 14.3. The number of benzene rings is 2. The molecular formula is C14H8Br2F2O. The minimum absolute atomic E-state index is 0.0638. The highest BCUT2D eigenvalue weighted by Crippen LogP contribution is 2.24. The van der Waals surface area contributed by atoms with Crippen LogP contribution in [-0.2, 0) is 6.42 Å². The van der Waals surface area contributed by atoms with Gasteiger partial charge in [0.25, 0.3) is 0 Å². The third-order valence-electron chi connectivity index (χ3n) is 2.63. The van der Waals surface area contributed by atoms with Crippen LogP contribution in [0.15, 0.2) is 45.3 Å². The molecule has 0 heterocycles. The van der Waals surface area contributed by atoms with Crippen molar-refractivity contribution in [2.24, 2.45) is 0 Å². The van der Waals surface area contributed by atoms with E-state index in [4.69, 9.17) is 0 Å². The largest absolute Gasteiger partial charge is 0.294 e. The predicted molar refractivity (Wildman–Crippen MR) is 76.2 cm³/mol. The highest BCUT2D eigenvalue weighted by molar-refractivity contribution is 9.10. The van der Waals surface area contributed by atoms with Gasteiger partial charge in [0.1, 0.15) is 5.82 Å². The molecule has 0 aliphatic carbocycles. The fourth-order valence-electron chi connectivity index (χ4n) is 1.69. The lowest BCUT2D eigenvalue weighted by molar-refractivity contribution is 0.0984. The van der Waals surface area contributed by atoms with Crippen molar-refractivity contribution in [2.75, 3.05) is 0 Å². The van der Waals surface area contributed by atoms with E-state index in [2.05, 4.69) is 31.9 Å². The van der Waals surface area contributed by atoms with Crippen molar-refractivity contribution in [3.63, 3.8) is 0 Å². The van der Waals surface area contributed by atoms with E-state index in [0.717, 1.165) is 10.5 Å². The molecule has 0 aliphatic heterocycles. The molecule has 0 fully saturated rings. The summed E-state index contributed by atoms with van der Waals surface area (Å²) in [5, 5.41) is 0. The number of carbonyl (C=O) groups is 1. The second-order valence-corrected chi connectivity index (χ2v) is 5.62. The van der Waals surface area contributed by atoms with Crippen LogP contribution in [0.25, 0.3) is 0 Å². The molecule has 2 aromatic rings. The third-order valence-corrected chi connectivity index (χ3v) is 4.02. The summed E-state index contributed by atoms with van der Waals surface area (Å²) >= 11 is 6.25. The molecule has 0 amide bonds. The first-order valence-corrected chi connectivity index (χ1v) is 6.99. The van der Waals surface area contributed by atoms with Gasteiger partial charge in [-0.2, -0.15) is 0 Å². The van der Waals surface area contributed by atoms with Gasteiger partial charge in [-0.25, -0.2) is 8.78 Å². The average molecular weight is 390 g/mol. The van der Waals surface area contributed by atoms with Crippen LogP contribution in [0.4, 0.5) is 8.78 Å². The molecule has 0 saturated heterocycles. The molecule has 0 bridgehead atoms. The quantitative estimate of drug-likeness (QED) is 0.538. The smallest absolute Gasteiger partial charge is 0.173 e. The summed E-state index contributed by atoms with van der Waals surface area (Å²) in [5.74, 6) is -2.31. The zero-order valence-corrected chi connectivity index (χ0v) is 12.8. The summed E-state index contributed by atoms with van der Waals surface area (Å²) in [5.41, 5.74) is 0.177. The summed E-state index contributed by atoms with van der Waals surface area (Å²) in [7, 11) is 0. The molecule has 0 aliphatic rings. The maximum Gasteiger partial charge on any atom is 0.173 e. The van der Waals surface area contributed by atoms with E-state index in [1.807, 2.05) is 0 Å². The molecule has 19 heavy (non-hydrogen) atoms. The second kappa shape index (κ2) is 5.92. The molecule has 5 heteroatoms. The Balaban J connectivity index is 2.36. The predicted octanol–water partition coefficient (Wildman–Crippen LogP) is 4.92. The van der Waals surface area contributed by atoms with Gasteiger partial charge in [0, 0.05) is 10.9 Å². The summed E-state index contributed by atoms with van der Waals surface area (Å²) in [6, 6.07) is 9.38. The van der Waals surface area contributed by atoms with Crippen LogP contribution in [-0.4, -0.2) is 5.78 Å². The Hall–Kier alpha value is -1.07. The number of halogens is 4. The van der Waals surface area contributed by atoms with Gasteiger partial charge in [-0.1, -0.05) is 34.1 Å². The van der Waals surface area contributed by atoms with Crippen LogP contribution >= 0.6 is 31.9 Å². The van der Waals surface area contributed by atoms with E-state index in [-0.39, 0.29) is 10.9 Å². The molecular weight excluding hydrogens is 382 g/mol. The summed E-state index contributed by atoms with van der Waals surface area (Å²) in [4.78, 5) is 12.0. The van der Waals surface area contributed by atoms with Gasteiger partial charge in [0.2, 0.25) is 0 Å². The maximum atomic E-state index is 13.8. The van der Waals surface area contributed by atoms with Gasteiger partial charge >= 0.3 is 0 Å². The normalized spacial score (nSPS) is 10.5. The zero-order chi connectivity index (χ0) is 14.0. The lowest BCUT2D eigenvalue weighted by Crippen LogP contribution is -2.10. The van der Waals surface area contributed by atoms with Crippen LogP contribution in [0.2, 0.25) is 0 Å². The van der Waals surface area contributed by atoms with Gasteiger partial charge in [0.05, 0.1) is 10.0 Å². The molecule has 2 aromatic carbocycles. The van der Waals surface area contributed by atoms with E-state index in [9.17, 15) is 13.6 Å². The first-order valence-electron chi connectivity index (χ1n) is 5.41. The number of rotatable bonds is 3. The van der Waals surface area contributed by atoms with E-state index in [1.165, 1.54) is 6.07 Å². The summed E-state index contributed by atoms with van der Waals surface area (Å²) in [6.45, 7) is 0. The van der Waals surface area contributed by atoms with E-state index in [0.29, 0.717) is 5.56 Å². The van der Waals surface area contributed by atoms with Gasteiger partial charge in [-0.3, -0.25) is 4.79 Å². The van der Waals surface area contributed by atoms with E-state index >= 15 is 0 Å². The molecule has 0 unspecified atom stereocenters. The number of hydrogen-bond acceptors (Lipinski definition) is 1. The SMILES string of the molecule is O=C(Cc1ccccc1Br)c1c(F)ccc(Br)c1F. The number of hydrogen-bond donors (Lipinski definition) is 0. The molecule has 0 N–H and O–H groups in total. The maximum absolute atomic E-state index is 13.8. The van der Waals surface area contributed by atoms with E-state index in [1.54, 1.807) is 24.3 Å². The fraction of sp³-hybridized carbons (Fsp3) is 0.0714. The lowest BCUT2D eigenvalue weighted by atomic mass is 10.0. The van der Waals surface area contributed by atoms with Gasteiger partial charge < -0.3 is 0 Å². The minimum atomic E-state index is -0.864. The van der Waals surface area contributed by atoms with Crippen molar-refractivity contribution >= 4 is 37.6 Å². The Morgan fingerprint density at radius 2 is 1.68 bits per heavy atom. The third kappa shape index (κ3) is 3.09. The van der Waals surface area contributed by atoms with Crippen molar-refractivity contribution in [3.05, 3.63) is 68.1 Å². The lowest BCUT2D eigenvalue weighted by Gasteiger charge is -2.07. The Morgan fingerprint density at radius 3 is 2.37 bits per heavy atom. The molecule has 0 saturated carbocycles. The van der Waals surface area contributed by atoms with Crippen molar-refractivity contribution in [3.8, 4) is 0 Å². The summed E-state index contributed by atoms with van der Waals surface area (Å²) < 4.78 is 28.2. The topological polar surface area (TPSA) is 17.1 Å². The summed E-state index contributed by atoms with van der Waals surface area (Å²) in [6.07, 6.45) is -0.0638. The Kier molecular flexibility index (Phi) is 4.47. The fourth-order valence-corrected chi connectivity index (χ4v) is 2.44. The van der Waals surface area contributed by atoms with Gasteiger partial charge in [0.15, 0.2) is 11.6 Å². The first-order chi connectivity index (χ1) is 9.00. The van der Waals surface area contributed by atoms with Crippen LogP contribution in [0.5, 0.6) is 0 Å². The Morgan fingerprint density at radius 1 is 1.00 bits per heavy atom.